The zero-order valence-corrected chi connectivity index (χ0v) is 9.93. The van der Waals surface area contributed by atoms with Crippen molar-refractivity contribution >= 4 is 17.8 Å². The molecule has 1 atom stereocenters. The minimum atomic E-state index is -2.22. The molecule has 0 fully saturated rings. The van der Waals surface area contributed by atoms with Gasteiger partial charge in [0.15, 0.2) is 0 Å². The molecule has 0 aliphatic carbocycles. The molecular formula is C10H18N2O5. The fraction of sp³-hybridized carbons (Fsp3) is 0.700. The molecule has 0 aliphatic rings. The van der Waals surface area contributed by atoms with E-state index in [1.165, 1.54) is 0 Å². The van der Waals surface area contributed by atoms with Crippen LogP contribution in [0.25, 0.3) is 0 Å². The van der Waals surface area contributed by atoms with Gasteiger partial charge in [-0.25, -0.2) is 9.59 Å². The first-order chi connectivity index (χ1) is 7.70. The van der Waals surface area contributed by atoms with Crippen molar-refractivity contribution in [3.63, 3.8) is 0 Å². The number of primary amides is 1. The van der Waals surface area contributed by atoms with E-state index in [0.717, 1.165) is 0 Å². The summed E-state index contributed by atoms with van der Waals surface area (Å²) in [5, 5.41) is 8.90. The highest BCUT2D eigenvalue weighted by Gasteiger charge is 2.44. The standard InChI is InChI=1S/C10H18N2O5/c1-6(2)5-17-9(16)10(12,8(14)15)4-3-7(11)13/h6H,3-5,12H2,1-2H3,(H2,11,13)(H,14,15)/t10-/m1/s1. The first-order valence-electron chi connectivity index (χ1n) is 5.18. The van der Waals surface area contributed by atoms with Crippen LogP contribution in [0.1, 0.15) is 26.7 Å². The summed E-state index contributed by atoms with van der Waals surface area (Å²) < 4.78 is 4.77. The molecule has 0 unspecified atom stereocenters. The quantitative estimate of drug-likeness (QED) is 0.399. The number of aliphatic carboxylic acids is 1. The number of carboxylic acids is 1. The Morgan fingerprint density at radius 3 is 2.24 bits per heavy atom. The number of hydrogen-bond donors (Lipinski definition) is 3. The van der Waals surface area contributed by atoms with Crippen LogP contribution in [0.15, 0.2) is 0 Å². The third kappa shape index (κ3) is 4.81. The van der Waals surface area contributed by atoms with Gasteiger partial charge in [-0.05, 0) is 12.3 Å². The fourth-order valence-electron chi connectivity index (χ4n) is 0.988. The zero-order valence-electron chi connectivity index (χ0n) is 9.93. The molecule has 0 rings (SSSR count). The van der Waals surface area contributed by atoms with Crippen molar-refractivity contribution in [2.75, 3.05) is 6.61 Å². The highest BCUT2D eigenvalue weighted by Crippen LogP contribution is 2.13. The molecule has 0 aliphatic heterocycles. The lowest BCUT2D eigenvalue weighted by Crippen LogP contribution is -2.56. The summed E-state index contributed by atoms with van der Waals surface area (Å²) >= 11 is 0. The maximum absolute atomic E-state index is 11.5. The van der Waals surface area contributed by atoms with E-state index in [-0.39, 0.29) is 25.4 Å². The second-order valence-corrected chi connectivity index (χ2v) is 4.24. The average molecular weight is 246 g/mol. The maximum atomic E-state index is 11.5. The number of nitrogens with two attached hydrogens (primary N) is 2. The second-order valence-electron chi connectivity index (χ2n) is 4.24. The maximum Gasteiger partial charge on any atom is 0.337 e. The van der Waals surface area contributed by atoms with E-state index in [1.54, 1.807) is 13.8 Å². The van der Waals surface area contributed by atoms with E-state index in [2.05, 4.69) is 0 Å². The third-order valence-corrected chi connectivity index (χ3v) is 2.06. The van der Waals surface area contributed by atoms with Crippen LogP contribution in [0, 0.1) is 5.92 Å². The molecule has 0 saturated heterocycles. The molecule has 0 aromatic rings. The Morgan fingerprint density at radius 2 is 1.88 bits per heavy atom. The molecule has 0 bridgehead atoms. The van der Waals surface area contributed by atoms with Crippen LogP contribution in [-0.4, -0.2) is 35.1 Å². The van der Waals surface area contributed by atoms with Gasteiger partial charge in [-0.15, -0.1) is 0 Å². The van der Waals surface area contributed by atoms with Crippen LogP contribution in [0.2, 0.25) is 0 Å². The Bertz CT molecular complexity index is 316. The van der Waals surface area contributed by atoms with Gasteiger partial charge < -0.3 is 21.3 Å². The summed E-state index contributed by atoms with van der Waals surface area (Å²) in [5.74, 6) is -3.25. The van der Waals surface area contributed by atoms with Crippen LogP contribution < -0.4 is 11.5 Å². The van der Waals surface area contributed by atoms with E-state index >= 15 is 0 Å². The van der Waals surface area contributed by atoms with E-state index in [1.807, 2.05) is 0 Å². The second kappa shape index (κ2) is 6.19. The van der Waals surface area contributed by atoms with E-state index in [9.17, 15) is 14.4 Å². The highest BCUT2D eigenvalue weighted by molar-refractivity contribution is 6.04. The van der Waals surface area contributed by atoms with Gasteiger partial charge in [0, 0.05) is 6.42 Å². The van der Waals surface area contributed by atoms with Crippen molar-refractivity contribution in [3.8, 4) is 0 Å². The van der Waals surface area contributed by atoms with E-state index < -0.39 is 23.4 Å². The Balaban J connectivity index is 4.64. The van der Waals surface area contributed by atoms with Gasteiger partial charge in [-0.1, -0.05) is 13.8 Å². The number of carbonyl (C=O) groups excluding carboxylic acids is 2. The van der Waals surface area contributed by atoms with Crippen molar-refractivity contribution in [1.82, 2.24) is 0 Å². The Hall–Kier alpha value is -1.63. The van der Waals surface area contributed by atoms with Crippen molar-refractivity contribution in [2.45, 2.75) is 32.2 Å². The lowest BCUT2D eigenvalue weighted by atomic mass is 9.94. The number of hydrogen-bond acceptors (Lipinski definition) is 5. The zero-order chi connectivity index (χ0) is 13.6. The lowest BCUT2D eigenvalue weighted by molar-refractivity contribution is -0.162. The SMILES string of the molecule is CC(C)COC(=O)[C@@](N)(CCC(N)=O)C(=O)O. The van der Waals surface area contributed by atoms with Crippen LogP contribution in [-0.2, 0) is 19.1 Å². The Kier molecular flexibility index (Phi) is 5.60. The van der Waals surface area contributed by atoms with Gasteiger partial charge in [0.25, 0.3) is 0 Å². The van der Waals surface area contributed by atoms with Crippen LogP contribution in [0.3, 0.4) is 0 Å². The molecule has 98 valence electrons. The molecule has 0 aromatic carbocycles. The van der Waals surface area contributed by atoms with Gasteiger partial charge in [0.05, 0.1) is 6.61 Å². The van der Waals surface area contributed by atoms with Crippen LogP contribution in [0.5, 0.6) is 0 Å². The predicted octanol–water partition coefficient (Wildman–Crippen LogP) is -0.767. The summed E-state index contributed by atoms with van der Waals surface area (Å²) in [6.45, 7) is 3.67. The van der Waals surface area contributed by atoms with Gasteiger partial charge in [0.2, 0.25) is 11.4 Å². The summed E-state index contributed by atoms with van der Waals surface area (Å²) in [6.07, 6.45) is -0.672. The normalized spacial score (nSPS) is 14.1. The molecule has 0 radical (unpaired) electrons. The molecule has 0 heterocycles. The van der Waals surface area contributed by atoms with Gasteiger partial charge in [-0.2, -0.15) is 0 Å². The monoisotopic (exact) mass is 246 g/mol. The number of carboxylic acid groups (broad SMARTS) is 1. The number of esters is 1. The fourth-order valence-corrected chi connectivity index (χ4v) is 0.988. The molecular weight excluding hydrogens is 228 g/mol. The van der Waals surface area contributed by atoms with Crippen LogP contribution >= 0.6 is 0 Å². The lowest BCUT2D eigenvalue weighted by Gasteiger charge is -2.22. The average Bonchev–Trinajstić information content (AvgIpc) is 2.21. The molecule has 5 N–H and O–H groups in total. The Labute approximate surface area is 99.1 Å². The first-order valence-corrected chi connectivity index (χ1v) is 5.18. The van der Waals surface area contributed by atoms with Crippen molar-refractivity contribution in [3.05, 3.63) is 0 Å². The number of rotatable bonds is 7. The summed E-state index contributed by atoms with van der Waals surface area (Å²) in [7, 11) is 0. The summed E-state index contributed by atoms with van der Waals surface area (Å²) in [6, 6.07) is 0. The van der Waals surface area contributed by atoms with Crippen molar-refractivity contribution in [2.24, 2.45) is 17.4 Å². The molecule has 1 amide bonds. The molecule has 0 aromatic heterocycles. The van der Waals surface area contributed by atoms with Crippen molar-refractivity contribution < 1.29 is 24.2 Å². The molecule has 7 heteroatoms. The summed E-state index contributed by atoms with van der Waals surface area (Å²) in [5.41, 5.74) is 8.10. The van der Waals surface area contributed by atoms with Gasteiger partial charge in [-0.3, -0.25) is 4.79 Å². The highest BCUT2D eigenvalue weighted by atomic mass is 16.5. The molecule has 17 heavy (non-hydrogen) atoms. The Morgan fingerprint density at radius 1 is 1.35 bits per heavy atom. The number of carbonyl (C=O) groups is 3. The van der Waals surface area contributed by atoms with Gasteiger partial charge >= 0.3 is 11.9 Å². The van der Waals surface area contributed by atoms with Gasteiger partial charge in [0.1, 0.15) is 0 Å². The first kappa shape index (κ1) is 15.4. The summed E-state index contributed by atoms with van der Waals surface area (Å²) in [4.78, 5) is 33.1. The minimum absolute atomic E-state index is 0.0631. The van der Waals surface area contributed by atoms with Crippen LogP contribution in [0.4, 0.5) is 0 Å². The number of ether oxygens (including phenoxy) is 1. The molecule has 0 saturated carbocycles. The number of amides is 1. The third-order valence-electron chi connectivity index (χ3n) is 2.06. The van der Waals surface area contributed by atoms with Crippen molar-refractivity contribution in [1.29, 1.82) is 0 Å². The van der Waals surface area contributed by atoms with E-state index in [4.69, 9.17) is 21.3 Å². The smallest absolute Gasteiger partial charge is 0.337 e. The van der Waals surface area contributed by atoms with E-state index in [0.29, 0.717) is 0 Å². The minimum Gasteiger partial charge on any atom is -0.479 e. The largest absolute Gasteiger partial charge is 0.479 e. The topological polar surface area (TPSA) is 133 Å². The predicted molar refractivity (Wildman–Crippen MR) is 58.8 cm³/mol. The molecule has 7 nitrogen and oxygen atoms in total. The molecule has 0 spiro atoms.